The second-order valence-electron chi connectivity index (χ2n) is 8.63. The van der Waals surface area contributed by atoms with Crippen LogP contribution in [0.2, 0.25) is 0 Å². The third-order valence-electron chi connectivity index (χ3n) is 6.36. The predicted octanol–water partition coefficient (Wildman–Crippen LogP) is 3.19. The van der Waals surface area contributed by atoms with Crippen molar-refractivity contribution in [2.24, 2.45) is 0 Å². The SMILES string of the molecule is COc1cc(=O)n2c(c1C(=O)N(C)Cc1nccs1)CCN(Cc1ccc3ccccc3n1)CC2. The standard InChI is InChI=1S/C26H27N5O3S/c1-29(17-23-27-10-14-35-23)26(33)25-21-9-11-30(12-13-31(21)24(32)15-22(25)34-2)16-19-8-7-18-5-3-4-6-20(18)28-19/h3-8,10,14-15H,9,11-13,16-17H2,1-2H3. The average Bonchev–Trinajstić information content (AvgIpc) is 3.29. The van der Waals surface area contributed by atoms with E-state index in [-0.39, 0.29) is 11.5 Å². The summed E-state index contributed by atoms with van der Waals surface area (Å²) in [4.78, 5) is 39.5. The molecular weight excluding hydrogens is 462 g/mol. The van der Waals surface area contributed by atoms with Gasteiger partial charge < -0.3 is 14.2 Å². The number of para-hydroxylation sites is 1. The fourth-order valence-electron chi connectivity index (χ4n) is 4.56. The van der Waals surface area contributed by atoms with E-state index >= 15 is 0 Å². The fraction of sp³-hybridized carbons (Fsp3) is 0.308. The summed E-state index contributed by atoms with van der Waals surface area (Å²) in [6.45, 7) is 2.98. The van der Waals surface area contributed by atoms with E-state index in [4.69, 9.17) is 9.72 Å². The van der Waals surface area contributed by atoms with E-state index in [9.17, 15) is 9.59 Å². The minimum absolute atomic E-state index is 0.151. The van der Waals surface area contributed by atoms with Gasteiger partial charge in [0.1, 0.15) is 16.3 Å². The minimum Gasteiger partial charge on any atom is -0.496 e. The van der Waals surface area contributed by atoms with Gasteiger partial charge in [-0.2, -0.15) is 0 Å². The van der Waals surface area contributed by atoms with Gasteiger partial charge in [-0.1, -0.05) is 24.3 Å². The lowest BCUT2D eigenvalue weighted by Gasteiger charge is -2.21. The van der Waals surface area contributed by atoms with E-state index in [1.807, 2.05) is 23.6 Å². The van der Waals surface area contributed by atoms with Crippen molar-refractivity contribution < 1.29 is 9.53 Å². The molecule has 4 aromatic rings. The Morgan fingerprint density at radius 1 is 1.17 bits per heavy atom. The predicted molar refractivity (Wildman–Crippen MR) is 136 cm³/mol. The zero-order valence-corrected chi connectivity index (χ0v) is 20.6. The molecule has 1 aliphatic rings. The molecule has 0 radical (unpaired) electrons. The molecule has 0 saturated heterocycles. The van der Waals surface area contributed by atoms with Gasteiger partial charge in [-0.15, -0.1) is 11.3 Å². The van der Waals surface area contributed by atoms with Crippen LogP contribution >= 0.6 is 11.3 Å². The quantitative estimate of drug-likeness (QED) is 0.414. The van der Waals surface area contributed by atoms with Crippen LogP contribution in [0.15, 0.2) is 58.8 Å². The molecule has 0 saturated carbocycles. The molecule has 5 rings (SSSR count). The zero-order valence-electron chi connectivity index (χ0n) is 19.8. The highest BCUT2D eigenvalue weighted by molar-refractivity contribution is 7.09. The van der Waals surface area contributed by atoms with E-state index in [1.54, 1.807) is 22.7 Å². The summed E-state index contributed by atoms with van der Waals surface area (Å²) in [5.74, 6) is 0.146. The largest absolute Gasteiger partial charge is 0.496 e. The van der Waals surface area contributed by atoms with Gasteiger partial charge in [0.2, 0.25) is 0 Å². The van der Waals surface area contributed by atoms with Gasteiger partial charge in [0.05, 0.1) is 24.9 Å². The summed E-state index contributed by atoms with van der Waals surface area (Å²) < 4.78 is 7.23. The van der Waals surface area contributed by atoms with Crippen molar-refractivity contribution in [2.45, 2.75) is 26.1 Å². The second kappa shape index (κ2) is 9.97. The highest BCUT2D eigenvalue weighted by Crippen LogP contribution is 2.25. The lowest BCUT2D eigenvalue weighted by Crippen LogP contribution is -2.32. The van der Waals surface area contributed by atoms with Gasteiger partial charge in [0.15, 0.2) is 0 Å². The van der Waals surface area contributed by atoms with Gasteiger partial charge in [0, 0.05) is 68.4 Å². The van der Waals surface area contributed by atoms with E-state index in [2.05, 4.69) is 28.1 Å². The van der Waals surface area contributed by atoms with Gasteiger partial charge in [0.25, 0.3) is 11.5 Å². The number of pyridine rings is 2. The first-order valence-electron chi connectivity index (χ1n) is 11.5. The first kappa shape index (κ1) is 23.2. The number of hydrogen-bond acceptors (Lipinski definition) is 7. The van der Waals surface area contributed by atoms with Crippen LogP contribution < -0.4 is 10.3 Å². The van der Waals surface area contributed by atoms with Crippen LogP contribution in [0.3, 0.4) is 0 Å². The maximum atomic E-state index is 13.5. The zero-order chi connectivity index (χ0) is 24.4. The fourth-order valence-corrected chi connectivity index (χ4v) is 5.23. The van der Waals surface area contributed by atoms with Crippen molar-refractivity contribution in [3.63, 3.8) is 0 Å². The van der Waals surface area contributed by atoms with Gasteiger partial charge in [-0.05, 0) is 12.1 Å². The highest BCUT2D eigenvalue weighted by atomic mass is 32.1. The Morgan fingerprint density at radius 2 is 2.03 bits per heavy atom. The molecule has 3 aromatic heterocycles. The minimum atomic E-state index is -0.176. The molecule has 35 heavy (non-hydrogen) atoms. The smallest absolute Gasteiger partial charge is 0.259 e. The van der Waals surface area contributed by atoms with Crippen LogP contribution in [0.4, 0.5) is 0 Å². The normalized spacial score (nSPS) is 13.9. The summed E-state index contributed by atoms with van der Waals surface area (Å²) in [7, 11) is 3.25. The van der Waals surface area contributed by atoms with E-state index < -0.39 is 0 Å². The summed E-state index contributed by atoms with van der Waals surface area (Å²) in [6.07, 6.45) is 2.29. The molecule has 0 unspecified atom stereocenters. The van der Waals surface area contributed by atoms with Gasteiger partial charge >= 0.3 is 0 Å². The lowest BCUT2D eigenvalue weighted by atomic mass is 10.1. The van der Waals surface area contributed by atoms with Crippen LogP contribution in [0.1, 0.15) is 26.8 Å². The number of carbonyl (C=O) groups excluding carboxylic acids is 1. The molecule has 0 bridgehead atoms. The Bertz CT molecular complexity index is 1420. The van der Waals surface area contributed by atoms with E-state index in [1.165, 1.54) is 24.5 Å². The van der Waals surface area contributed by atoms with Crippen LogP contribution in [-0.2, 0) is 26.1 Å². The number of rotatable bonds is 6. The maximum Gasteiger partial charge on any atom is 0.259 e. The summed E-state index contributed by atoms with van der Waals surface area (Å²) >= 11 is 1.51. The first-order valence-corrected chi connectivity index (χ1v) is 12.4. The molecule has 9 heteroatoms. The highest BCUT2D eigenvalue weighted by Gasteiger charge is 2.27. The number of ether oxygens (including phenoxy) is 1. The first-order chi connectivity index (χ1) is 17.0. The summed E-state index contributed by atoms with van der Waals surface area (Å²) in [5, 5.41) is 3.86. The number of nitrogens with zero attached hydrogens (tertiary/aromatic N) is 5. The number of amides is 1. The van der Waals surface area contributed by atoms with Crippen molar-refractivity contribution in [3.05, 3.63) is 86.4 Å². The van der Waals surface area contributed by atoms with E-state index in [0.717, 1.165) is 27.3 Å². The molecule has 1 amide bonds. The number of aromatic nitrogens is 3. The molecule has 1 aliphatic heterocycles. The average molecular weight is 490 g/mol. The molecule has 0 aliphatic carbocycles. The molecule has 1 aromatic carbocycles. The number of benzene rings is 1. The van der Waals surface area contributed by atoms with Crippen LogP contribution in [0.25, 0.3) is 10.9 Å². The van der Waals surface area contributed by atoms with Crippen molar-refractivity contribution in [2.75, 3.05) is 27.2 Å². The summed E-state index contributed by atoms with van der Waals surface area (Å²) in [5.41, 5.74) is 2.98. The van der Waals surface area contributed by atoms with Crippen LogP contribution in [0.5, 0.6) is 5.75 Å². The van der Waals surface area contributed by atoms with Crippen LogP contribution in [-0.4, -0.2) is 57.5 Å². The molecule has 0 spiro atoms. The molecule has 8 nitrogen and oxygen atoms in total. The van der Waals surface area contributed by atoms with E-state index in [0.29, 0.717) is 50.5 Å². The van der Waals surface area contributed by atoms with Crippen molar-refractivity contribution in [1.82, 2.24) is 24.3 Å². The Labute approximate surface area is 207 Å². The lowest BCUT2D eigenvalue weighted by molar-refractivity contribution is 0.0779. The topological polar surface area (TPSA) is 80.6 Å². The number of carbonyl (C=O) groups is 1. The number of hydrogen-bond donors (Lipinski definition) is 0. The van der Waals surface area contributed by atoms with Gasteiger partial charge in [-0.3, -0.25) is 19.5 Å². The molecule has 4 heterocycles. The monoisotopic (exact) mass is 489 g/mol. The van der Waals surface area contributed by atoms with Crippen molar-refractivity contribution in [3.8, 4) is 5.75 Å². The second-order valence-corrected chi connectivity index (χ2v) is 9.61. The molecule has 0 N–H and O–H groups in total. The summed E-state index contributed by atoms with van der Waals surface area (Å²) in [6, 6.07) is 13.6. The molecule has 0 fully saturated rings. The van der Waals surface area contributed by atoms with Gasteiger partial charge in [-0.25, -0.2) is 4.98 Å². The Kier molecular flexibility index (Phi) is 6.61. The third-order valence-corrected chi connectivity index (χ3v) is 7.13. The number of fused-ring (bicyclic) bond motifs is 2. The van der Waals surface area contributed by atoms with Crippen molar-refractivity contribution in [1.29, 1.82) is 0 Å². The number of methoxy groups -OCH3 is 1. The van der Waals surface area contributed by atoms with Crippen molar-refractivity contribution >= 4 is 28.1 Å². The Balaban J connectivity index is 1.40. The maximum absolute atomic E-state index is 13.5. The molecule has 0 atom stereocenters. The Morgan fingerprint density at radius 3 is 2.83 bits per heavy atom. The molecule has 180 valence electrons. The molecular formula is C26H27N5O3S. The Hall–Kier alpha value is -3.56. The number of thiazole rings is 1. The van der Waals surface area contributed by atoms with Crippen LogP contribution in [0, 0.1) is 0 Å². The third kappa shape index (κ3) is 4.82.